The van der Waals surface area contributed by atoms with E-state index < -0.39 is 0 Å². The maximum absolute atomic E-state index is 11.7. The van der Waals surface area contributed by atoms with E-state index in [1.165, 1.54) is 0 Å². The van der Waals surface area contributed by atoms with Crippen molar-refractivity contribution < 1.29 is 14.4 Å². The Hall–Kier alpha value is -2.21. The SMILES string of the molecule is Cc1noc(-c2ccccc2NC(=O)CCCO)n1. The molecule has 0 bridgehead atoms. The van der Waals surface area contributed by atoms with Crippen molar-refractivity contribution in [3.63, 3.8) is 0 Å². The van der Waals surface area contributed by atoms with E-state index in [2.05, 4.69) is 15.5 Å². The Bertz CT molecular complexity index is 566. The number of nitrogens with zero attached hydrogens (tertiary/aromatic N) is 2. The van der Waals surface area contributed by atoms with E-state index >= 15 is 0 Å². The summed E-state index contributed by atoms with van der Waals surface area (Å²) < 4.78 is 5.10. The predicted molar refractivity (Wildman–Crippen MR) is 69.4 cm³/mol. The maximum Gasteiger partial charge on any atom is 0.260 e. The van der Waals surface area contributed by atoms with Crippen molar-refractivity contribution in [1.29, 1.82) is 0 Å². The lowest BCUT2D eigenvalue weighted by molar-refractivity contribution is -0.116. The highest BCUT2D eigenvalue weighted by Crippen LogP contribution is 2.26. The number of carbonyl (C=O) groups is 1. The third-order valence-corrected chi connectivity index (χ3v) is 2.52. The highest BCUT2D eigenvalue weighted by Gasteiger charge is 2.12. The molecule has 0 aliphatic rings. The second-order valence-electron chi connectivity index (χ2n) is 4.07. The smallest absolute Gasteiger partial charge is 0.260 e. The lowest BCUT2D eigenvalue weighted by Gasteiger charge is -2.07. The molecule has 2 rings (SSSR count). The fraction of sp³-hybridized carbons (Fsp3) is 0.308. The molecule has 1 heterocycles. The zero-order valence-electron chi connectivity index (χ0n) is 10.6. The van der Waals surface area contributed by atoms with Crippen LogP contribution in [-0.4, -0.2) is 27.8 Å². The van der Waals surface area contributed by atoms with Crippen LogP contribution in [0.25, 0.3) is 11.5 Å². The largest absolute Gasteiger partial charge is 0.396 e. The van der Waals surface area contributed by atoms with E-state index in [-0.39, 0.29) is 18.9 Å². The number of para-hydroxylation sites is 1. The van der Waals surface area contributed by atoms with Gasteiger partial charge in [-0.15, -0.1) is 0 Å². The Morgan fingerprint density at radius 1 is 1.42 bits per heavy atom. The third-order valence-electron chi connectivity index (χ3n) is 2.52. The third kappa shape index (κ3) is 3.38. The Morgan fingerprint density at radius 2 is 2.21 bits per heavy atom. The number of amides is 1. The highest BCUT2D eigenvalue weighted by atomic mass is 16.5. The summed E-state index contributed by atoms with van der Waals surface area (Å²) in [7, 11) is 0. The molecular formula is C13H15N3O3. The Kier molecular flexibility index (Phi) is 4.25. The van der Waals surface area contributed by atoms with E-state index in [0.29, 0.717) is 29.4 Å². The second-order valence-corrected chi connectivity index (χ2v) is 4.07. The van der Waals surface area contributed by atoms with E-state index in [1.54, 1.807) is 19.1 Å². The molecule has 0 unspecified atom stereocenters. The van der Waals surface area contributed by atoms with Crippen LogP contribution in [0.5, 0.6) is 0 Å². The van der Waals surface area contributed by atoms with Gasteiger partial charge in [0.05, 0.1) is 11.3 Å². The molecule has 2 N–H and O–H groups in total. The van der Waals surface area contributed by atoms with Crippen molar-refractivity contribution in [3.05, 3.63) is 30.1 Å². The monoisotopic (exact) mass is 261 g/mol. The molecular weight excluding hydrogens is 246 g/mol. The summed E-state index contributed by atoms with van der Waals surface area (Å²) in [6.07, 6.45) is 0.710. The Morgan fingerprint density at radius 3 is 2.89 bits per heavy atom. The zero-order valence-corrected chi connectivity index (χ0v) is 10.6. The summed E-state index contributed by atoms with van der Waals surface area (Å²) in [4.78, 5) is 15.8. The first-order valence-electron chi connectivity index (χ1n) is 6.01. The van der Waals surface area contributed by atoms with Gasteiger partial charge in [-0.3, -0.25) is 4.79 Å². The average Bonchev–Trinajstić information content (AvgIpc) is 2.83. The fourth-order valence-electron chi connectivity index (χ4n) is 1.64. The van der Waals surface area contributed by atoms with Crippen molar-refractivity contribution in [3.8, 4) is 11.5 Å². The van der Waals surface area contributed by atoms with Gasteiger partial charge in [-0.25, -0.2) is 0 Å². The summed E-state index contributed by atoms with van der Waals surface area (Å²) >= 11 is 0. The van der Waals surface area contributed by atoms with Crippen molar-refractivity contribution in [2.24, 2.45) is 0 Å². The number of hydrogen-bond acceptors (Lipinski definition) is 5. The van der Waals surface area contributed by atoms with Crippen LogP contribution in [0, 0.1) is 6.92 Å². The molecule has 6 heteroatoms. The average molecular weight is 261 g/mol. The van der Waals surface area contributed by atoms with Crippen LogP contribution in [0.2, 0.25) is 0 Å². The van der Waals surface area contributed by atoms with Crippen molar-refractivity contribution in [1.82, 2.24) is 10.1 Å². The molecule has 0 aliphatic heterocycles. The lowest BCUT2D eigenvalue weighted by Crippen LogP contribution is -2.12. The number of carbonyl (C=O) groups excluding carboxylic acids is 1. The maximum atomic E-state index is 11.7. The van der Waals surface area contributed by atoms with Crippen molar-refractivity contribution >= 4 is 11.6 Å². The van der Waals surface area contributed by atoms with Gasteiger partial charge in [0.25, 0.3) is 5.89 Å². The number of aromatic nitrogens is 2. The summed E-state index contributed by atoms with van der Waals surface area (Å²) in [5.74, 6) is 0.754. The van der Waals surface area contributed by atoms with Crippen LogP contribution in [-0.2, 0) is 4.79 Å². The number of aliphatic hydroxyl groups excluding tert-OH is 1. The first kappa shape index (κ1) is 13.2. The number of anilines is 1. The molecule has 6 nitrogen and oxygen atoms in total. The van der Waals surface area contributed by atoms with Gasteiger partial charge in [0.2, 0.25) is 5.91 Å². The first-order chi connectivity index (χ1) is 9.20. The number of aryl methyl sites for hydroxylation is 1. The van der Waals surface area contributed by atoms with Gasteiger partial charge in [-0.2, -0.15) is 4.98 Å². The van der Waals surface area contributed by atoms with Gasteiger partial charge >= 0.3 is 0 Å². The van der Waals surface area contributed by atoms with Crippen LogP contribution in [0.4, 0.5) is 5.69 Å². The molecule has 1 aromatic carbocycles. The minimum absolute atomic E-state index is 0.00206. The summed E-state index contributed by atoms with van der Waals surface area (Å²) in [6.45, 7) is 1.73. The van der Waals surface area contributed by atoms with Gasteiger partial charge in [0.15, 0.2) is 5.82 Å². The van der Waals surface area contributed by atoms with Crippen molar-refractivity contribution in [2.75, 3.05) is 11.9 Å². The van der Waals surface area contributed by atoms with Crippen LogP contribution in [0.3, 0.4) is 0 Å². The predicted octanol–water partition coefficient (Wildman–Crippen LogP) is 1.76. The minimum atomic E-state index is -0.155. The molecule has 2 aromatic rings. The van der Waals surface area contributed by atoms with Gasteiger partial charge in [-0.05, 0) is 25.5 Å². The van der Waals surface area contributed by atoms with Crippen LogP contribution in [0.1, 0.15) is 18.7 Å². The molecule has 0 fully saturated rings. The fourth-order valence-corrected chi connectivity index (χ4v) is 1.64. The molecule has 0 saturated heterocycles. The van der Waals surface area contributed by atoms with E-state index in [4.69, 9.17) is 9.63 Å². The second kappa shape index (κ2) is 6.10. The van der Waals surface area contributed by atoms with E-state index in [0.717, 1.165) is 0 Å². The normalized spacial score (nSPS) is 10.4. The molecule has 100 valence electrons. The lowest BCUT2D eigenvalue weighted by atomic mass is 10.1. The molecule has 0 saturated carbocycles. The van der Waals surface area contributed by atoms with E-state index in [1.807, 2.05) is 12.1 Å². The van der Waals surface area contributed by atoms with E-state index in [9.17, 15) is 4.79 Å². The van der Waals surface area contributed by atoms with Gasteiger partial charge in [0, 0.05) is 13.0 Å². The Balaban J connectivity index is 2.19. The first-order valence-corrected chi connectivity index (χ1v) is 6.01. The number of nitrogens with one attached hydrogen (secondary N) is 1. The number of benzene rings is 1. The molecule has 0 radical (unpaired) electrons. The van der Waals surface area contributed by atoms with Gasteiger partial charge in [-0.1, -0.05) is 17.3 Å². The number of rotatable bonds is 5. The molecule has 0 atom stereocenters. The number of aliphatic hydroxyl groups is 1. The summed E-state index contributed by atoms with van der Waals surface area (Å²) in [5, 5.41) is 15.2. The molecule has 1 amide bonds. The van der Waals surface area contributed by atoms with Crippen LogP contribution >= 0.6 is 0 Å². The van der Waals surface area contributed by atoms with Gasteiger partial charge in [0.1, 0.15) is 0 Å². The van der Waals surface area contributed by atoms with Crippen LogP contribution in [0.15, 0.2) is 28.8 Å². The quantitative estimate of drug-likeness (QED) is 0.856. The molecule has 0 spiro atoms. The highest BCUT2D eigenvalue weighted by molar-refractivity contribution is 5.94. The molecule has 19 heavy (non-hydrogen) atoms. The summed E-state index contributed by atoms with van der Waals surface area (Å²) in [6, 6.07) is 7.22. The molecule has 1 aromatic heterocycles. The Labute approximate surface area is 110 Å². The zero-order chi connectivity index (χ0) is 13.7. The minimum Gasteiger partial charge on any atom is -0.396 e. The summed E-state index contributed by atoms with van der Waals surface area (Å²) in [5.41, 5.74) is 1.30. The topological polar surface area (TPSA) is 88.2 Å². The molecule has 0 aliphatic carbocycles. The van der Waals surface area contributed by atoms with Crippen LogP contribution < -0.4 is 5.32 Å². The van der Waals surface area contributed by atoms with Gasteiger partial charge < -0.3 is 14.9 Å². The standard InChI is InChI=1S/C13H15N3O3/c1-9-14-13(19-16-9)10-5-2-3-6-11(10)15-12(18)7-4-8-17/h2-3,5-6,17H,4,7-8H2,1H3,(H,15,18). The number of hydrogen-bond donors (Lipinski definition) is 2. The van der Waals surface area contributed by atoms with Crippen molar-refractivity contribution in [2.45, 2.75) is 19.8 Å².